The minimum absolute atomic E-state index is 0.0917. The highest BCUT2D eigenvalue weighted by molar-refractivity contribution is 5.85. The van der Waals surface area contributed by atoms with Gasteiger partial charge in [-0.25, -0.2) is 9.18 Å². The number of benzene rings is 1. The number of unbranched alkanes of at least 4 members (excludes halogenated alkanes) is 2. The Hall–Kier alpha value is -2.17. The lowest BCUT2D eigenvalue weighted by Gasteiger charge is -2.37. The lowest BCUT2D eigenvalue weighted by Crippen LogP contribution is -2.30. The molecule has 1 aromatic carbocycles. The average molecular weight is 445 g/mol. The van der Waals surface area contributed by atoms with E-state index in [2.05, 4.69) is 6.92 Å². The summed E-state index contributed by atoms with van der Waals surface area (Å²) < 4.78 is 19.6. The number of esters is 1. The molecule has 2 aliphatic rings. The summed E-state index contributed by atoms with van der Waals surface area (Å²) in [6.07, 6.45) is 16.8. The van der Waals surface area contributed by atoms with Gasteiger partial charge in [-0.1, -0.05) is 51.5 Å². The number of carboxylic acids is 1. The molecular formula is C27H37FO4. The molecule has 0 atom stereocenters. The second-order valence-electron chi connectivity index (χ2n) is 9.67. The number of hydrogen-bond donors (Lipinski definition) is 1. The van der Waals surface area contributed by atoms with Crippen LogP contribution in [0.25, 0.3) is 6.08 Å². The molecule has 176 valence electrons. The number of carbonyl (C=O) groups excluding carboxylic acids is 1. The number of hydrogen-bond acceptors (Lipinski definition) is 3. The van der Waals surface area contributed by atoms with Crippen molar-refractivity contribution in [3.63, 3.8) is 0 Å². The monoisotopic (exact) mass is 444 g/mol. The summed E-state index contributed by atoms with van der Waals surface area (Å²) in [5.74, 6) is 0.0761. The van der Waals surface area contributed by atoms with E-state index in [0.717, 1.165) is 43.6 Å². The molecule has 2 aliphatic carbocycles. The SMILES string of the molecule is CCCCCC1CCC(C2CCC(C(=O)Oc3ccc(/C=C/C(=O)O)cc3F)CC2)CC1. The van der Waals surface area contributed by atoms with Crippen LogP contribution in [0, 0.1) is 29.5 Å². The van der Waals surface area contributed by atoms with E-state index >= 15 is 0 Å². The summed E-state index contributed by atoms with van der Waals surface area (Å²) in [6.45, 7) is 2.26. The second-order valence-corrected chi connectivity index (χ2v) is 9.67. The summed E-state index contributed by atoms with van der Waals surface area (Å²) in [7, 11) is 0. The Morgan fingerprint density at radius 3 is 2.28 bits per heavy atom. The molecule has 0 heterocycles. The van der Waals surface area contributed by atoms with Crippen LogP contribution >= 0.6 is 0 Å². The van der Waals surface area contributed by atoms with Gasteiger partial charge in [0.2, 0.25) is 0 Å². The molecular weight excluding hydrogens is 407 g/mol. The molecule has 0 amide bonds. The number of ether oxygens (including phenoxy) is 1. The van der Waals surface area contributed by atoms with Crippen molar-refractivity contribution in [1.29, 1.82) is 0 Å². The third-order valence-electron chi connectivity index (χ3n) is 7.46. The Kier molecular flexibility index (Phi) is 9.31. The standard InChI is InChI=1S/C27H37FO4/c1-2-3-4-5-19-6-10-21(11-7-19)22-12-14-23(15-13-22)27(31)32-25-16-8-20(18-24(25)28)9-17-26(29)30/h8-9,16-19,21-23H,2-7,10-15H2,1H3,(H,29,30)/b17-9+. The minimum atomic E-state index is -1.10. The first-order valence-corrected chi connectivity index (χ1v) is 12.4. The van der Waals surface area contributed by atoms with Gasteiger partial charge in [-0.2, -0.15) is 0 Å². The molecule has 0 radical (unpaired) electrons. The van der Waals surface area contributed by atoms with Gasteiger partial charge < -0.3 is 9.84 Å². The van der Waals surface area contributed by atoms with E-state index < -0.39 is 11.8 Å². The highest BCUT2D eigenvalue weighted by Gasteiger charge is 2.33. The van der Waals surface area contributed by atoms with Crippen molar-refractivity contribution in [3.8, 4) is 5.75 Å². The molecule has 0 saturated heterocycles. The van der Waals surface area contributed by atoms with Crippen LogP contribution in [-0.2, 0) is 9.59 Å². The summed E-state index contributed by atoms with van der Waals surface area (Å²) in [6, 6.07) is 4.11. The summed E-state index contributed by atoms with van der Waals surface area (Å²) in [5.41, 5.74) is 0.408. The first-order valence-electron chi connectivity index (χ1n) is 12.4. The Bertz CT molecular complexity index is 787. The fourth-order valence-corrected chi connectivity index (χ4v) is 5.52. The molecule has 32 heavy (non-hydrogen) atoms. The van der Waals surface area contributed by atoms with E-state index in [1.54, 1.807) is 6.07 Å². The van der Waals surface area contributed by atoms with Gasteiger partial charge in [0.25, 0.3) is 0 Å². The summed E-state index contributed by atoms with van der Waals surface area (Å²) >= 11 is 0. The van der Waals surface area contributed by atoms with Crippen molar-refractivity contribution < 1.29 is 23.8 Å². The highest BCUT2D eigenvalue weighted by Crippen LogP contribution is 2.42. The van der Waals surface area contributed by atoms with Crippen molar-refractivity contribution in [2.24, 2.45) is 23.7 Å². The molecule has 0 unspecified atom stereocenters. The predicted octanol–water partition coefficient (Wildman–Crippen LogP) is 7.02. The van der Waals surface area contributed by atoms with Crippen LogP contribution in [0.15, 0.2) is 24.3 Å². The third-order valence-corrected chi connectivity index (χ3v) is 7.46. The fourth-order valence-electron chi connectivity index (χ4n) is 5.52. The quantitative estimate of drug-likeness (QED) is 0.192. The highest BCUT2D eigenvalue weighted by atomic mass is 19.1. The van der Waals surface area contributed by atoms with Crippen molar-refractivity contribution in [2.45, 2.75) is 84.0 Å². The first kappa shape index (κ1) is 24.5. The lowest BCUT2D eigenvalue weighted by molar-refractivity contribution is -0.140. The zero-order valence-corrected chi connectivity index (χ0v) is 19.2. The van der Waals surface area contributed by atoms with Crippen molar-refractivity contribution in [1.82, 2.24) is 0 Å². The maximum Gasteiger partial charge on any atom is 0.328 e. The molecule has 0 aromatic heterocycles. The molecule has 0 aliphatic heterocycles. The summed E-state index contributed by atoms with van der Waals surface area (Å²) in [5, 5.41) is 8.67. The van der Waals surface area contributed by atoms with Gasteiger partial charge in [0.05, 0.1) is 5.92 Å². The van der Waals surface area contributed by atoms with Crippen LogP contribution < -0.4 is 4.74 Å². The van der Waals surface area contributed by atoms with E-state index in [1.165, 1.54) is 69.6 Å². The fraction of sp³-hybridized carbons (Fsp3) is 0.630. The number of halogens is 1. The van der Waals surface area contributed by atoms with Gasteiger partial charge in [0.1, 0.15) is 0 Å². The van der Waals surface area contributed by atoms with Gasteiger partial charge in [0.15, 0.2) is 11.6 Å². The largest absolute Gasteiger partial charge is 0.478 e. The Balaban J connectivity index is 1.42. The zero-order valence-electron chi connectivity index (χ0n) is 19.2. The maximum absolute atomic E-state index is 14.3. The van der Waals surface area contributed by atoms with Gasteiger partial charge in [-0.05, 0) is 80.1 Å². The Morgan fingerprint density at radius 2 is 1.69 bits per heavy atom. The first-order chi connectivity index (χ1) is 15.5. The van der Waals surface area contributed by atoms with Crippen LogP contribution in [-0.4, -0.2) is 17.0 Å². The maximum atomic E-state index is 14.3. The zero-order chi connectivity index (χ0) is 22.9. The molecule has 0 bridgehead atoms. The lowest BCUT2D eigenvalue weighted by atomic mass is 9.68. The van der Waals surface area contributed by atoms with Gasteiger partial charge in [0, 0.05) is 6.08 Å². The molecule has 1 N–H and O–H groups in total. The van der Waals surface area contributed by atoms with E-state index in [1.807, 2.05) is 0 Å². The molecule has 5 heteroatoms. The smallest absolute Gasteiger partial charge is 0.328 e. The van der Waals surface area contributed by atoms with Crippen molar-refractivity contribution in [2.75, 3.05) is 0 Å². The van der Waals surface area contributed by atoms with Crippen LogP contribution in [0.2, 0.25) is 0 Å². The third kappa shape index (κ3) is 7.18. The van der Waals surface area contributed by atoms with E-state index in [0.29, 0.717) is 11.5 Å². The second kappa shape index (κ2) is 12.2. The molecule has 4 nitrogen and oxygen atoms in total. The van der Waals surface area contributed by atoms with Gasteiger partial charge >= 0.3 is 11.9 Å². The molecule has 3 rings (SSSR count). The average Bonchev–Trinajstić information content (AvgIpc) is 2.80. The Morgan fingerprint density at radius 1 is 1.03 bits per heavy atom. The van der Waals surface area contributed by atoms with E-state index in [9.17, 15) is 14.0 Å². The molecule has 1 aromatic rings. The van der Waals surface area contributed by atoms with Crippen LogP contribution in [0.3, 0.4) is 0 Å². The number of carbonyl (C=O) groups is 2. The predicted molar refractivity (Wildman–Crippen MR) is 124 cm³/mol. The normalized spacial score (nSPS) is 26.2. The molecule has 2 saturated carbocycles. The van der Waals surface area contributed by atoms with Crippen molar-refractivity contribution in [3.05, 3.63) is 35.7 Å². The number of carboxylic acid groups (broad SMARTS) is 1. The molecule has 0 spiro atoms. The van der Waals surface area contributed by atoms with Crippen LogP contribution in [0.1, 0.15) is 89.5 Å². The van der Waals surface area contributed by atoms with Crippen molar-refractivity contribution >= 4 is 18.0 Å². The van der Waals surface area contributed by atoms with Gasteiger partial charge in [-0.3, -0.25) is 4.79 Å². The van der Waals surface area contributed by atoms with Crippen LogP contribution in [0.5, 0.6) is 5.75 Å². The van der Waals surface area contributed by atoms with E-state index in [-0.39, 0.29) is 17.6 Å². The van der Waals surface area contributed by atoms with E-state index in [4.69, 9.17) is 9.84 Å². The summed E-state index contributed by atoms with van der Waals surface area (Å²) in [4.78, 5) is 23.2. The number of rotatable bonds is 9. The number of aliphatic carboxylic acids is 1. The topological polar surface area (TPSA) is 63.6 Å². The van der Waals surface area contributed by atoms with Gasteiger partial charge in [-0.15, -0.1) is 0 Å². The Labute approximate surface area is 191 Å². The van der Waals surface area contributed by atoms with Crippen LogP contribution in [0.4, 0.5) is 4.39 Å². The minimum Gasteiger partial charge on any atom is -0.478 e. The molecule has 2 fully saturated rings.